The van der Waals surface area contributed by atoms with Crippen molar-refractivity contribution >= 4 is 16.5 Å². The standard InChI is InChI=1S/C10H16N2OS/c1-7-8(2)14-10(11-7)12(5-6-13)9-3-4-9/h9,13H,3-6H2,1-2H3. The van der Waals surface area contributed by atoms with E-state index in [1.165, 1.54) is 17.7 Å². The molecule has 1 fully saturated rings. The van der Waals surface area contributed by atoms with Gasteiger partial charge in [0.05, 0.1) is 12.3 Å². The van der Waals surface area contributed by atoms with E-state index in [9.17, 15) is 0 Å². The van der Waals surface area contributed by atoms with Gasteiger partial charge in [-0.2, -0.15) is 0 Å². The van der Waals surface area contributed by atoms with Crippen LogP contribution in [0.1, 0.15) is 23.4 Å². The zero-order valence-electron chi connectivity index (χ0n) is 8.66. The van der Waals surface area contributed by atoms with Crippen LogP contribution < -0.4 is 4.90 Å². The van der Waals surface area contributed by atoms with Gasteiger partial charge in [-0.05, 0) is 26.7 Å². The first-order chi connectivity index (χ1) is 6.72. The summed E-state index contributed by atoms with van der Waals surface area (Å²) < 4.78 is 0. The van der Waals surface area contributed by atoms with Crippen LogP contribution in [-0.2, 0) is 0 Å². The molecular formula is C10H16N2OS. The molecule has 0 atom stereocenters. The first-order valence-electron chi connectivity index (χ1n) is 5.04. The fourth-order valence-corrected chi connectivity index (χ4v) is 2.51. The number of aryl methyl sites for hydroxylation is 2. The monoisotopic (exact) mass is 212 g/mol. The van der Waals surface area contributed by atoms with Crippen molar-refractivity contribution < 1.29 is 5.11 Å². The Morgan fingerprint density at radius 3 is 2.64 bits per heavy atom. The molecule has 4 heteroatoms. The molecule has 78 valence electrons. The van der Waals surface area contributed by atoms with Crippen molar-refractivity contribution in [3.63, 3.8) is 0 Å². The predicted molar refractivity (Wildman–Crippen MR) is 59.0 cm³/mol. The van der Waals surface area contributed by atoms with Crippen molar-refractivity contribution in [2.24, 2.45) is 0 Å². The fraction of sp³-hybridized carbons (Fsp3) is 0.700. The summed E-state index contributed by atoms with van der Waals surface area (Å²) in [6.07, 6.45) is 2.50. The quantitative estimate of drug-likeness (QED) is 0.825. The summed E-state index contributed by atoms with van der Waals surface area (Å²) in [7, 11) is 0. The van der Waals surface area contributed by atoms with Gasteiger partial charge in [-0.3, -0.25) is 0 Å². The Kier molecular flexibility index (Phi) is 2.74. The lowest BCUT2D eigenvalue weighted by Gasteiger charge is -2.19. The largest absolute Gasteiger partial charge is 0.395 e. The number of hydrogen-bond donors (Lipinski definition) is 1. The average molecular weight is 212 g/mol. The second kappa shape index (κ2) is 3.87. The lowest BCUT2D eigenvalue weighted by Crippen LogP contribution is -2.28. The number of anilines is 1. The van der Waals surface area contributed by atoms with Gasteiger partial charge in [-0.15, -0.1) is 11.3 Å². The SMILES string of the molecule is Cc1nc(N(CCO)C2CC2)sc1C. The maximum atomic E-state index is 8.99. The summed E-state index contributed by atoms with van der Waals surface area (Å²) in [4.78, 5) is 8.05. The van der Waals surface area contributed by atoms with Crippen LogP contribution in [0.25, 0.3) is 0 Å². The van der Waals surface area contributed by atoms with E-state index in [0.29, 0.717) is 6.04 Å². The van der Waals surface area contributed by atoms with E-state index >= 15 is 0 Å². The summed E-state index contributed by atoms with van der Waals surface area (Å²) >= 11 is 1.73. The number of aromatic nitrogens is 1. The number of nitrogens with zero attached hydrogens (tertiary/aromatic N) is 2. The van der Waals surface area contributed by atoms with Crippen LogP contribution in [0.3, 0.4) is 0 Å². The Morgan fingerprint density at radius 1 is 1.50 bits per heavy atom. The molecule has 1 heterocycles. The lowest BCUT2D eigenvalue weighted by atomic mass is 10.4. The van der Waals surface area contributed by atoms with Gasteiger partial charge in [0.1, 0.15) is 0 Å². The highest BCUT2D eigenvalue weighted by Gasteiger charge is 2.30. The third-order valence-corrected chi connectivity index (χ3v) is 3.70. The van der Waals surface area contributed by atoms with Crippen LogP contribution >= 0.6 is 11.3 Å². The Balaban J connectivity index is 2.16. The number of aliphatic hydroxyl groups excluding tert-OH is 1. The molecule has 0 aliphatic heterocycles. The van der Waals surface area contributed by atoms with E-state index in [2.05, 4.69) is 16.8 Å². The molecule has 1 saturated carbocycles. The Labute approximate surface area is 88.4 Å². The topological polar surface area (TPSA) is 36.4 Å². The summed E-state index contributed by atoms with van der Waals surface area (Å²) in [6, 6.07) is 0.632. The first-order valence-corrected chi connectivity index (χ1v) is 5.85. The van der Waals surface area contributed by atoms with Gasteiger partial charge < -0.3 is 10.0 Å². The fourth-order valence-electron chi connectivity index (χ4n) is 1.51. The summed E-state index contributed by atoms with van der Waals surface area (Å²) in [6.45, 7) is 5.07. The van der Waals surface area contributed by atoms with Gasteiger partial charge in [0.15, 0.2) is 5.13 Å². The summed E-state index contributed by atoms with van der Waals surface area (Å²) in [5.41, 5.74) is 1.12. The van der Waals surface area contributed by atoms with E-state index in [1.807, 2.05) is 6.92 Å². The van der Waals surface area contributed by atoms with Crippen molar-refractivity contribution in [3.8, 4) is 0 Å². The van der Waals surface area contributed by atoms with Gasteiger partial charge in [-0.25, -0.2) is 4.98 Å². The summed E-state index contributed by atoms with van der Waals surface area (Å²) in [5.74, 6) is 0. The minimum atomic E-state index is 0.216. The maximum Gasteiger partial charge on any atom is 0.186 e. The van der Waals surface area contributed by atoms with E-state index in [1.54, 1.807) is 11.3 Å². The number of aliphatic hydroxyl groups is 1. The van der Waals surface area contributed by atoms with Crippen molar-refractivity contribution in [1.29, 1.82) is 0 Å². The minimum absolute atomic E-state index is 0.216. The molecule has 1 aliphatic rings. The molecule has 3 nitrogen and oxygen atoms in total. The molecule has 1 aliphatic carbocycles. The van der Waals surface area contributed by atoms with Crippen molar-refractivity contribution in [2.75, 3.05) is 18.1 Å². The summed E-state index contributed by atoms with van der Waals surface area (Å²) in [5, 5.41) is 10.1. The van der Waals surface area contributed by atoms with Crippen molar-refractivity contribution in [1.82, 2.24) is 4.98 Å². The van der Waals surface area contributed by atoms with E-state index in [4.69, 9.17) is 5.11 Å². The third kappa shape index (κ3) is 1.91. The van der Waals surface area contributed by atoms with Crippen LogP contribution in [-0.4, -0.2) is 29.3 Å². The van der Waals surface area contributed by atoms with Gasteiger partial charge in [0.2, 0.25) is 0 Å². The van der Waals surface area contributed by atoms with E-state index < -0.39 is 0 Å². The molecule has 0 amide bonds. The van der Waals surface area contributed by atoms with E-state index in [0.717, 1.165) is 17.4 Å². The predicted octanol–water partition coefficient (Wildman–Crippen LogP) is 1.72. The Morgan fingerprint density at radius 2 is 2.21 bits per heavy atom. The van der Waals surface area contributed by atoms with Gasteiger partial charge in [0, 0.05) is 17.5 Å². The molecule has 1 aromatic rings. The van der Waals surface area contributed by atoms with Crippen LogP contribution in [0.4, 0.5) is 5.13 Å². The molecule has 0 radical (unpaired) electrons. The number of rotatable bonds is 4. The normalized spacial score (nSPS) is 15.9. The molecule has 14 heavy (non-hydrogen) atoms. The van der Waals surface area contributed by atoms with Gasteiger partial charge in [0.25, 0.3) is 0 Å². The highest BCUT2D eigenvalue weighted by atomic mass is 32.1. The van der Waals surface area contributed by atoms with Crippen LogP contribution in [0.15, 0.2) is 0 Å². The maximum absolute atomic E-state index is 8.99. The third-order valence-electron chi connectivity index (χ3n) is 2.59. The van der Waals surface area contributed by atoms with Gasteiger partial charge >= 0.3 is 0 Å². The highest BCUT2D eigenvalue weighted by molar-refractivity contribution is 7.15. The highest BCUT2D eigenvalue weighted by Crippen LogP contribution is 2.34. The van der Waals surface area contributed by atoms with Crippen LogP contribution in [0, 0.1) is 13.8 Å². The molecule has 1 aromatic heterocycles. The average Bonchev–Trinajstić information content (AvgIpc) is 2.91. The molecule has 1 N–H and O–H groups in total. The second-order valence-corrected chi connectivity index (χ2v) is 4.97. The lowest BCUT2D eigenvalue weighted by molar-refractivity contribution is 0.301. The smallest absolute Gasteiger partial charge is 0.186 e. The van der Waals surface area contributed by atoms with E-state index in [-0.39, 0.29) is 6.61 Å². The molecular weight excluding hydrogens is 196 g/mol. The zero-order valence-corrected chi connectivity index (χ0v) is 9.47. The molecule has 2 rings (SSSR count). The second-order valence-electron chi connectivity index (χ2n) is 3.79. The minimum Gasteiger partial charge on any atom is -0.395 e. The first kappa shape index (κ1) is 9.93. The number of thiazole rings is 1. The molecule has 0 aromatic carbocycles. The Bertz CT molecular complexity index is 300. The molecule has 0 bridgehead atoms. The number of hydrogen-bond acceptors (Lipinski definition) is 4. The zero-order chi connectivity index (χ0) is 10.1. The molecule has 0 saturated heterocycles. The van der Waals surface area contributed by atoms with Crippen molar-refractivity contribution in [3.05, 3.63) is 10.6 Å². The van der Waals surface area contributed by atoms with Gasteiger partial charge in [-0.1, -0.05) is 0 Å². The van der Waals surface area contributed by atoms with Crippen LogP contribution in [0.2, 0.25) is 0 Å². The molecule has 0 unspecified atom stereocenters. The molecule has 0 spiro atoms. The van der Waals surface area contributed by atoms with Crippen LogP contribution in [0.5, 0.6) is 0 Å². The Hall–Kier alpha value is -0.610. The van der Waals surface area contributed by atoms with Crippen molar-refractivity contribution in [2.45, 2.75) is 32.7 Å².